The Balaban J connectivity index is 1.98. The largest absolute Gasteiger partial charge is 0.419 e. The Labute approximate surface area is 175 Å². The van der Waals surface area contributed by atoms with Crippen LogP contribution in [-0.2, 0) is 11.0 Å². The Kier molecular flexibility index (Phi) is 5.92. The second-order valence-electron chi connectivity index (χ2n) is 7.01. The summed E-state index contributed by atoms with van der Waals surface area (Å²) in [6, 6.07) is 1.98. The molecule has 0 spiro atoms. The molecule has 0 radical (unpaired) electrons. The van der Waals surface area contributed by atoms with Crippen LogP contribution in [-0.4, -0.2) is 39.6 Å². The quantitative estimate of drug-likeness (QED) is 0.569. The fourth-order valence-corrected chi connectivity index (χ4v) is 3.56. The molecule has 1 fully saturated rings. The van der Waals surface area contributed by atoms with Gasteiger partial charge in [0.25, 0.3) is 11.8 Å². The molecule has 11 heteroatoms. The molecule has 4 N–H and O–H groups in total. The molecule has 2 amide bonds. The molecule has 1 saturated heterocycles. The number of anilines is 1. The number of nitrogens with zero attached hydrogens (tertiary/aromatic N) is 3. The van der Waals surface area contributed by atoms with Crippen molar-refractivity contribution in [3.8, 4) is 23.1 Å². The standard InChI is InChI=1S/C20H19F4N5O2/c1-2-3-15(30)28-8-6-12(7-9-28)29-18(25)16(19(26)31)17(27-29)11-4-5-14(21)13(10-11)20(22,23)24/h4-5,10,12H,6-9,25H2,1H3,(H2,26,31). The van der Waals surface area contributed by atoms with Crippen molar-refractivity contribution in [2.75, 3.05) is 18.8 Å². The van der Waals surface area contributed by atoms with Gasteiger partial charge in [-0.2, -0.15) is 18.3 Å². The number of carbonyl (C=O) groups is 2. The first-order valence-corrected chi connectivity index (χ1v) is 9.31. The molecule has 1 aromatic carbocycles. The molecule has 1 aliphatic rings. The number of amides is 2. The Hall–Kier alpha value is -3.55. The summed E-state index contributed by atoms with van der Waals surface area (Å²) in [5.41, 5.74) is 9.45. The molecular formula is C20H19F4N5O2. The highest BCUT2D eigenvalue weighted by Gasteiger charge is 2.35. The second-order valence-corrected chi connectivity index (χ2v) is 7.01. The van der Waals surface area contributed by atoms with E-state index in [2.05, 4.69) is 16.9 Å². The van der Waals surface area contributed by atoms with Gasteiger partial charge in [0.2, 0.25) is 0 Å². The van der Waals surface area contributed by atoms with Crippen molar-refractivity contribution in [3.63, 3.8) is 0 Å². The van der Waals surface area contributed by atoms with Crippen LogP contribution < -0.4 is 11.5 Å². The summed E-state index contributed by atoms with van der Waals surface area (Å²) in [7, 11) is 0. The van der Waals surface area contributed by atoms with Crippen LogP contribution in [0.5, 0.6) is 0 Å². The fraction of sp³-hybridized carbons (Fsp3) is 0.350. The number of alkyl halides is 3. The van der Waals surface area contributed by atoms with E-state index in [4.69, 9.17) is 11.5 Å². The first-order chi connectivity index (χ1) is 14.5. The van der Waals surface area contributed by atoms with E-state index < -0.39 is 23.5 Å². The van der Waals surface area contributed by atoms with Crippen LogP contribution in [0.4, 0.5) is 23.4 Å². The van der Waals surface area contributed by atoms with Crippen molar-refractivity contribution in [2.45, 2.75) is 32.0 Å². The van der Waals surface area contributed by atoms with E-state index >= 15 is 0 Å². The van der Waals surface area contributed by atoms with Gasteiger partial charge in [-0.15, -0.1) is 0 Å². The number of hydrogen-bond acceptors (Lipinski definition) is 4. The summed E-state index contributed by atoms with van der Waals surface area (Å²) in [6.07, 6.45) is -4.04. The molecule has 0 saturated carbocycles. The average Bonchev–Trinajstić information content (AvgIpc) is 3.05. The maximum Gasteiger partial charge on any atom is 0.419 e. The van der Waals surface area contributed by atoms with E-state index in [0.717, 1.165) is 6.07 Å². The van der Waals surface area contributed by atoms with Gasteiger partial charge in [0, 0.05) is 18.7 Å². The lowest BCUT2D eigenvalue weighted by molar-refractivity contribution is -0.140. The second kappa shape index (κ2) is 8.29. The summed E-state index contributed by atoms with van der Waals surface area (Å²) in [5.74, 6) is 2.18. The zero-order valence-corrected chi connectivity index (χ0v) is 16.5. The predicted molar refractivity (Wildman–Crippen MR) is 104 cm³/mol. The number of halogens is 4. The van der Waals surface area contributed by atoms with Gasteiger partial charge in [0.05, 0.1) is 11.6 Å². The third-order valence-electron chi connectivity index (χ3n) is 5.07. The minimum Gasteiger partial charge on any atom is -0.383 e. The maximum absolute atomic E-state index is 13.7. The molecular weight excluding hydrogens is 418 g/mol. The number of carbonyl (C=O) groups excluding carboxylic acids is 2. The number of likely N-dealkylation sites (tertiary alicyclic amines) is 1. The van der Waals surface area contributed by atoms with Gasteiger partial charge in [0.1, 0.15) is 22.9 Å². The predicted octanol–water partition coefficient (Wildman–Crippen LogP) is 2.58. The Morgan fingerprint density at radius 1 is 1.23 bits per heavy atom. The summed E-state index contributed by atoms with van der Waals surface area (Å²) in [6.45, 7) is 2.29. The van der Waals surface area contributed by atoms with Gasteiger partial charge in [-0.05, 0) is 43.9 Å². The summed E-state index contributed by atoms with van der Waals surface area (Å²) in [4.78, 5) is 25.5. The third kappa shape index (κ3) is 4.33. The normalized spacial score (nSPS) is 14.8. The summed E-state index contributed by atoms with van der Waals surface area (Å²) >= 11 is 0. The smallest absolute Gasteiger partial charge is 0.383 e. The highest BCUT2D eigenvalue weighted by Crippen LogP contribution is 2.37. The van der Waals surface area contributed by atoms with Crippen LogP contribution in [0.3, 0.4) is 0 Å². The molecule has 31 heavy (non-hydrogen) atoms. The van der Waals surface area contributed by atoms with Crippen molar-refractivity contribution in [2.24, 2.45) is 5.73 Å². The van der Waals surface area contributed by atoms with Crippen molar-refractivity contribution >= 4 is 17.6 Å². The number of primary amides is 1. The lowest BCUT2D eigenvalue weighted by atomic mass is 10.0. The molecule has 1 aromatic heterocycles. The number of hydrogen-bond donors (Lipinski definition) is 2. The zero-order valence-electron chi connectivity index (χ0n) is 16.5. The van der Waals surface area contributed by atoms with Crippen molar-refractivity contribution in [1.82, 2.24) is 14.7 Å². The van der Waals surface area contributed by atoms with Crippen molar-refractivity contribution < 1.29 is 27.2 Å². The van der Waals surface area contributed by atoms with Crippen LogP contribution in [0.1, 0.15) is 41.7 Å². The monoisotopic (exact) mass is 437 g/mol. The van der Waals surface area contributed by atoms with Crippen molar-refractivity contribution in [1.29, 1.82) is 0 Å². The first kappa shape index (κ1) is 22.1. The van der Waals surface area contributed by atoms with Gasteiger partial charge in [-0.1, -0.05) is 5.92 Å². The number of nitrogen functional groups attached to an aromatic ring is 1. The van der Waals surface area contributed by atoms with Gasteiger partial charge < -0.3 is 16.4 Å². The van der Waals surface area contributed by atoms with Gasteiger partial charge in [-0.3, -0.25) is 9.59 Å². The summed E-state index contributed by atoms with van der Waals surface area (Å²) < 4.78 is 54.3. The molecule has 2 heterocycles. The van der Waals surface area contributed by atoms with E-state index in [1.54, 1.807) is 11.8 Å². The molecule has 0 aliphatic carbocycles. The minimum atomic E-state index is -4.93. The van der Waals surface area contributed by atoms with E-state index in [1.807, 2.05) is 0 Å². The van der Waals surface area contributed by atoms with Crippen LogP contribution >= 0.6 is 0 Å². The van der Waals surface area contributed by atoms with E-state index in [0.29, 0.717) is 38.1 Å². The summed E-state index contributed by atoms with van der Waals surface area (Å²) in [5, 5.41) is 4.25. The molecule has 2 aromatic rings. The minimum absolute atomic E-state index is 0.0986. The van der Waals surface area contributed by atoms with Gasteiger partial charge in [-0.25, -0.2) is 9.07 Å². The van der Waals surface area contributed by atoms with Gasteiger partial charge in [0.15, 0.2) is 0 Å². The Bertz CT molecular complexity index is 1090. The lowest BCUT2D eigenvalue weighted by Crippen LogP contribution is -2.38. The maximum atomic E-state index is 13.7. The SMILES string of the molecule is CC#CC(=O)N1CCC(n2nc(-c3ccc(F)c(C(F)(F)F)c3)c(C(N)=O)c2N)CC1. The highest BCUT2D eigenvalue weighted by atomic mass is 19.4. The molecule has 164 valence electrons. The van der Waals surface area contributed by atoms with Crippen LogP contribution in [0.2, 0.25) is 0 Å². The Morgan fingerprint density at radius 2 is 1.87 bits per heavy atom. The van der Waals surface area contributed by atoms with Crippen LogP contribution in [0.15, 0.2) is 18.2 Å². The van der Waals surface area contributed by atoms with E-state index in [9.17, 15) is 27.2 Å². The first-order valence-electron chi connectivity index (χ1n) is 9.31. The average molecular weight is 437 g/mol. The number of nitrogens with two attached hydrogens (primary N) is 2. The van der Waals surface area contributed by atoms with Crippen LogP contribution in [0.25, 0.3) is 11.3 Å². The molecule has 3 rings (SSSR count). The number of aromatic nitrogens is 2. The molecule has 7 nitrogen and oxygen atoms in total. The number of piperidine rings is 1. The van der Waals surface area contributed by atoms with Gasteiger partial charge >= 0.3 is 6.18 Å². The zero-order chi connectivity index (χ0) is 22.9. The molecule has 0 unspecified atom stereocenters. The highest BCUT2D eigenvalue weighted by molar-refractivity contribution is 6.03. The lowest BCUT2D eigenvalue weighted by Gasteiger charge is -2.31. The Morgan fingerprint density at radius 3 is 2.42 bits per heavy atom. The third-order valence-corrected chi connectivity index (χ3v) is 5.07. The fourth-order valence-electron chi connectivity index (χ4n) is 3.56. The topological polar surface area (TPSA) is 107 Å². The molecule has 0 atom stereocenters. The van der Waals surface area contributed by atoms with E-state index in [1.165, 1.54) is 4.68 Å². The van der Waals surface area contributed by atoms with E-state index in [-0.39, 0.29) is 34.6 Å². The van der Waals surface area contributed by atoms with Crippen molar-refractivity contribution in [3.05, 3.63) is 35.1 Å². The van der Waals surface area contributed by atoms with Crippen LogP contribution in [0, 0.1) is 17.7 Å². The number of rotatable bonds is 3. The molecule has 1 aliphatic heterocycles. The number of benzene rings is 1. The molecule has 0 bridgehead atoms.